The Balaban J connectivity index is 2.49. The van der Waals surface area contributed by atoms with E-state index in [9.17, 15) is 26.7 Å². The standard InChI is InChI=1S/C17H20N8O7S2/c18-6-7-22-34(30,31)11-5-4-8(12(15(19)24-25-20)14(11)33(21,28)29)9-2-1-3-10-13(9)23-16(32-10)17(26)27/h1-5,22,25H,6-7,18,20H2,(H2,19,24)(H,26,27)(H2,21,28,29). The van der Waals surface area contributed by atoms with Gasteiger partial charge in [-0.05, 0) is 17.7 Å². The smallest absolute Gasteiger partial charge is 0.392 e. The van der Waals surface area contributed by atoms with Crippen molar-refractivity contribution >= 4 is 43.0 Å². The number of hydrogen-bond acceptors (Lipinski definition) is 11. The normalized spacial score (nSPS) is 12.7. The first-order chi connectivity index (χ1) is 15.9. The summed E-state index contributed by atoms with van der Waals surface area (Å²) < 4.78 is 58.3. The van der Waals surface area contributed by atoms with Gasteiger partial charge in [-0.15, -0.1) is 5.10 Å². The molecule has 0 aliphatic heterocycles. The number of oxazole rings is 1. The summed E-state index contributed by atoms with van der Waals surface area (Å²) in [7, 11) is -9.16. The molecular weight excluding hydrogens is 492 g/mol. The number of fused-ring (bicyclic) bond motifs is 1. The number of primary sulfonamides is 1. The molecule has 0 radical (unpaired) electrons. The van der Waals surface area contributed by atoms with Crippen molar-refractivity contribution in [2.75, 3.05) is 13.1 Å². The molecule has 0 spiro atoms. The average Bonchev–Trinajstić information content (AvgIpc) is 3.21. The molecule has 182 valence electrons. The lowest BCUT2D eigenvalue weighted by molar-refractivity contribution is 0.0656. The first-order valence-corrected chi connectivity index (χ1v) is 12.3. The number of carboxylic acids is 1. The highest BCUT2D eigenvalue weighted by Crippen LogP contribution is 2.36. The molecule has 17 heteroatoms. The third-order valence-corrected chi connectivity index (χ3v) is 7.09. The predicted octanol–water partition coefficient (Wildman–Crippen LogP) is -1.84. The van der Waals surface area contributed by atoms with E-state index in [0.29, 0.717) is 0 Å². The van der Waals surface area contributed by atoms with Crippen molar-refractivity contribution in [3.63, 3.8) is 0 Å². The molecule has 0 saturated carbocycles. The highest BCUT2D eigenvalue weighted by atomic mass is 32.2. The van der Waals surface area contributed by atoms with Crippen molar-refractivity contribution in [2.24, 2.45) is 27.6 Å². The molecule has 3 aromatic rings. The highest BCUT2D eigenvalue weighted by Gasteiger charge is 2.32. The number of carboxylic acid groups (broad SMARTS) is 1. The van der Waals surface area contributed by atoms with Gasteiger partial charge in [0.1, 0.15) is 15.3 Å². The SMILES string of the molecule is NCCNS(=O)(=O)c1ccc(-c2cccc3oc(C(=O)O)nc23)c(/C(N)=N/NN)c1S(N)(=O)=O. The van der Waals surface area contributed by atoms with Crippen LogP contribution in [0.3, 0.4) is 0 Å². The van der Waals surface area contributed by atoms with E-state index in [2.05, 4.69) is 14.8 Å². The minimum atomic E-state index is -4.75. The van der Waals surface area contributed by atoms with Crippen molar-refractivity contribution < 1.29 is 31.2 Å². The van der Waals surface area contributed by atoms with Gasteiger partial charge in [0, 0.05) is 24.2 Å². The van der Waals surface area contributed by atoms with Crippen molar-refractivity contribution in [1.82, 2.24) is 15.2 Å². The summed E-state index contributed by atoms with van der Waals surface area (Å²) in [6.45, 7) is -0.247. The molecule has 2 aromatic carbocycles. The summed E-state index contributed by atoms with van der Waals surface area (Å²) in [5.74, 6) is 2.61. The number of amidine groups is 1. The van der Waals surface area contributed by atoms with E-state index in [1.54, 1.807) is 0 Å². The lowest BCUT2D eigenvalue weighted by Gasteiger charge is -2.18. The van der Waals surface area contributed by atoms with Crippen LogP contribution >= 0.6 is 0 Å². The Morgan fingerprint density at radius 1 is 1.15 bits per heavy atom. The second kappa shape index (κ2) is 9.33. The number of benzene rings is 2. The summed E-state index contributed by atoms with van der Waals surface area (Å²) in [6.07, 6.45) is 0. The molecule has 3 rings (SSSR count). The number of para-hydroxylation sites is 1. The first kappa shape index (κ1) is 25.0. The molecule has 0 bridgehead atoms. The van der Waals surface area contributed by atoms with E-state index < -0.39 is 53.1 Å². The van der Waals surface area contributed by atoms with E-state index in [0.717, 1.165) is 6.07 Å². The number of nitrogens with two attached hydrogens (primary N) is 4. The lowest BCUT2D eigenvalue weighted by Crippen LogP contribution is -2.33. The molecule has 1 heterocycles. The summed E-state index contributed by atoms with van der Waals surface area (Å²) in [5.41, 5.74) is 13.1. The van der Waals surface area contributed by atoms with Crippen LogP contribution in [0, 0.1) is 0 Å². The largest absolute Gasteiger partial charge is 0.474 e. The van der Waals surface area contributed by atoms with Gasteiger partial charge in [0.2, 0.25) is 20.0 Å². The van der Waals surface area contributed by atoms with Crippen LogP contribution in [-0.4, -0.2) is 51.8 Å². The number of carbonyl (C=O) groups is 1. The minimum Gasteiger partial charge on any atom is -0.474 e. The van der Waals surface area contributed by atoms with Gasteiger partial charge in [0.05, 0.1) is 0 Å². The molecule has 0 fully saturated rings. The summed E-state index contributed by atoms with van der Waals surface area (Å²) >= 11 is 0. The van der Waals surface area contributed by atoms with Crippen LogP contribution in [0.25, 0.3) is 22.2 Å². The number of aromatic nitrogens is 1. The molecule has 0 saturated heterocycles. The van der Waals surface area contributed by atoms with E-state index in [1.807, 2.05) is 5.53 Å². The van der Waals surface area contributed by atoms with Gasteiger partial charge in [0.25, 0.3) is 0 Å². The number of nitrogens with zero attached hydrogens (tertiary/aromatic N) is 2. The second-order valence-electron chi connectivity index (χ2n) is 6.65. The minimum absolute atomic E-state index is 0.00846. The summed E-state index contributed by atoms with van der Waals surface area (Å²) in [4.78, 5) is 13.7. The Morgan fingerprint density at radius 3 is 2.44 bits per heavy atom. The first-order valence-electron chi connectivity index (χ1n) is 9.24. The quantitative estimate of drug-likeness (QED) is 0.0721. The molecular formula is C17H20N8O7S2. The van der Waals surface area contributed by atoms with Crippen LogP contribution in [-0.2, 0) is 20.0 Å². The van der Waals surface area contributed by atoms with Crippen LogP contribution < -0.4 is 32.7 Å². The molecule has 34 heavy (non-hydrogen) atoms. The van der Waals surface area contributed by atoms with Crippen LogP contribution in [0.1, 0.15) is 16.2 Å². The Kier molecular flexibility index (Phi) is 6.87. The topological polar surface area (TPSA) is 272 Å². The van der Waals surface area contributed by atoms with Gasteiger partial charge < -0.3 is 21.0 Å². The number of hydrazone groups is 1. The fraction of sp³-hybridized carbons (Fsp3) is 0.118. The monoisotopic (exact) mass is 512 g/mol. The highest BCUT2D eigenvalue weighted by molar-refractivity contribution is 7.92. The van der Waals surface area contributed by atoms with Gasteiger partial charge in [0.15, 0.2) is 11.4 Å². The van der Waals surface area contributed by atoms with Gasteiger partial charge in [-0.2, -0.15) is 0 Å². The Hall–Kier alpha value is -3.61. The number of hydrazine groups is 1. The van der Waals surface area contributed by atoms with Crippen LogP contribution in [0.5, 0.6) is 0 Å². The molecule has 0 amide bonds. The average molecular weight is 513 g/mol. The number of nitrogens with one attached hydrogen (secondary N) is 2. The van der Waals surface area contributed by atoms with Crippen molar-refractivity contribution in [2.45, 2.75) is 9.79 Å². The predicted molar refractivity (Wildman–Crippen MR) is 120 cm³/mol. The molecule has 0 aliphatic carbocycles. The fourth-order valence-electron chi connectivity index (χ4n) is 3.19. The van der Waals surface area contributed by atoms with Gasteiger partial charge in [-0.25, -0.2) is 47.9 Å². The van der Waals surface area contributed by atoms with Gasteiger partial charge >= 0.3 is 11.9 Å². The second-order valence-corrected chi connectivity index (χ2v) is 9.88. The van der Waals surface area contributed by atoms with Gasteiger partial charge in [-0.1, -0.05) is 18.2 Å². The van der Waals surface area contributed by atoms with Gasteiger partial charge in [-0.3, -0.25) is 0 Å². The van der Waals surface area contributed by atoms with E-state index >= 15 is 0 Å². The van der Waals surface area contributed by atoms with E-state index in [4.69, 9.17) is 26.9 Å². The maximum absolute atomic E-state index is 12.8. The third kappa shape index (κ3) is 4.69. The van der Waals surface area contributed by atoms with Crippen molar-refractivity contribution in [1.29, 1.82) is 0 Å². The fourth-order valence-corrected chi connectivity index (χ4v) is 5.85. The molecule has 15 nitrogen and oxygen atoms in total. The van der Waals surface area contributed by atoms with Crippen LogP contribution in [0.15, 0.2) is 49.6 Å². The Morgan fingerprint density at radius 2 is 1.85 bits per heavy atom. The number of aromatic carboxylic acids is 1. The zero-order valence-corrected chi connectivity index (χ0v) is 18.9. The molecule has 0 aliphatic rings. The number of hydrogen-bond donors (Lipinski definition) is 7. The molecule has 0 unspecified atom stereocenters. The molecule has 11 N–H and O–H groups in total. The third-order valence-electron chi connectivity index (χ3n) is 4.47. The van der Waals surface area contributed by atoms with E-state index in [1.165, 1.54) is 24.3 Å². The maximum atomic E-state index is 12.8. The van der Waals surface area contributed by atoms with Crippen molar-refractivity contribution in [3.05, 3.63) is 41.8 Å². The zero-order valence-electron chi connectivity index (χ0n) is 17.2. The maximum Gasteiger partial charge on any atom is 0.392 e. The lowest BCUT2D eigenvalue weighted by atomic mass is 9.98. The number of rotatable bonds is 9. The Bertz CT molecular complexity index is 1510. The van der Waals surface area contributed by atoms with Crippen LogP contribution in [0.4, 0.5) is 0 Å². The molecule has 1 aromatic heterocycles. The molecule has 0 atom stereocenters. The van der Waals surface area contributed by atoms with Crippen molar-refractivity contribution in [3.8, 4) is 11.1 Å². The number of sulfonamides is 2. The summed E-state index contributed by atoms with van der Waals surface area (Å²) in [5, 5.41) is 18.2. The summed E-state index contributed by atoms with van der Waals surface area (Å²) in [6, 6.07) is 6.62. The van der Waals surface area contributed by atoms with Crippen LogP contribution in [0.2, 0.25) is 0 Å². The Labute approximate surface area is 192 Å². The van der Waals surface area contributed by atoms with E-state index in [-0.39, 0.29) is 35.3 Å². The zero-order chi connectivity index (χ0) is 25.3.